The first kappa shape index (κ1) is 19.9. The first-order chi connectivity index (χ1) is 13.6. The Hall–Kier alpha value is -2.80. The van der Waals surface area contributed by atoms with Crippen LogP contribution in [0.5, 0.6) is 5.75 Å². The van der Waals surface area contributed by atoms with Crippen LogP contribution in [0.4, 0.5) is 11.5 Å². The Balaban J connectivity index is 1.45. The van der Waals surface area contributed by atoms with Gasteiger partial charge in [0.05, 0.1) is 17.8 Å². The van der Waals surface area contributed by atoms with Crippen molar-refractivity contribution in [2.75, 3.05) is 43.5 Å². The lowest BCUT2D eigenvalue weighted by Crippen LogP contribution is -2.49. The molecular weight excluding hydrogens is 380 g/mol. The molecule has 148 valence electrons. The lowest BCUT2D eigenvalue weighted by Gasteiger charge is -2.36. The number of aromatic nitrogens is 1. The van der Waals surface area contributed by atoms with Gasteiger partial charge in [-0.05, 0) is 24.3 Å². The number of rotatable bonds is 6. The summed E-state index contributed by atoms with van der Waals surface area (Å²) in [5.41, 5.74) is 1.03. The summed E-state index contributed by atoms with van der Waals surface area (Å²) in [5, 5.41) is 3.17. The first-order valence-electron chi connectivity index (χ1n) is 9.14. The van der Waals surface area contributed by atoms with Gasteiger partial charge < -0.3 is 19.9 Å². The lowest BCUT2D eigenvalue weighted by atomic mass is 10.2. The summed E-state index contributed by atoms with van der Waals surface area (Å²) >= 11 is 5.77. The molecule has 1 aromatic carbocycles. The van der Waals surface area contributed by atoms with Crippen molar-refractivity contribution >= 4 is 34.9 Å². The van der Waals surface area contributed by atoms with Crippen LogP contribution < -0.4 is 15.0 Å². The maximum absolute atomic E-state index is 12.4. The van der Waals surface area contributed by atoms with Crippen molar-refractivity contribution in [3.8, 4) is 5.75 Å². The Bertz CT molecular complexity index is 820. The summed E-state index contributed by atoms with van der Waals surface area (Å²) in [5.74, 6) is 0.997. The predicted molar refractivity (Wildman–Crippen MR) is 109 cm³/mol. The molecule has 1 aliphatic heterocycles. The number of nitrogens with zero attached hydrogens (tertiary/aromatic N) is 3. The van der Waals surface area contributed by atoms with Crippen LogP contribution in [-0.2, 0) is 9.59 Å². The van der Waals surface area contributed by atoms with Crippen LogP contribution in [0.15, 0.2) is 42.6 Å². The molecule has 1 aliphatic rings. The van der Waals surface area contributed by atoms with Crippen LogP contribution >= 0.6 is 11.6 Å². The van der Waals surface area contributed by atoms with Crippen LogP contribution in [0.25, 0.3) is 0 Å². The van der Waals surface area contributed by atoms with Crippen molar-refractivity contribution in [3.63, 3.8) is 0 Å². The predicted octanol–water partition coefficient (Wildman–Crippen LogP) is 2.81. The van der Waals surface area contributed by atoms with E-state index in [4.69, 9.17) is 16.3 Å². The molecule has 1 N–H and O–H groups in total. The molecule has 1 saturated heterocycles. The van der Waals surface area contributed by atoms with Crippen molar-refractivity contribution in [3.05, 3.63) is 47.6 Å². The molecule has 0 spiro atoms. The van der Waals surface area contributed by atoms with E-state index in [1.807, 2.05) is 24.3 Å². The number of carbonyl (C=O) groups is 2. The number of hydrogen-bond acceptors (Lipinski definition) is 5. The molecule has 8 heteroatoms. The van der Waals surface area contributed by atoms with Crippen LogP contribution in [0.1, 0.15) is 12.8 Å². The van der Waals surface area contributed by atoms with Gasteiger partial charge >= 0.3 is 0 Å². The van der Waals surface area contributed by atoms with Gasteiger partial charge in [0, 0.05) is 45.2 Å². The average Bonchev–Trinajstić information content (AvgIpc) is 2.73. The smallest absolute Gasteiger partial charge is 0.226 e. The molecule has 0 unspecified atom stereocenters. The fraction of sp³-hybridized carbons (Fsp3) is 0.350. The Labute approximate surface area is 169 Å². The standard InChI is InChI=1S/C20H23ClN4O3/c1-28-17-5-3-2-4-16(17)24-10-12-25(13-11-24)20(27)9-8-19(26)23-18-7-6-15(21)14-22-18/h2-7,14H,8-13H2,1H3,(H,22,23,26). The lowest BCUT2D eigenvalue weighted by molar-refractivity contribution is -0.133. The molecule has 2 aromatic rings. The summed E-state index contributed by atoms with van der Waals surface area (Å²) < 4.78 is 5.41. The van der Waals surface area contributed by atoms with Gasteiger partial charge in [0.15, 0.2) is 0 Å². The van der Waals surface area contributed by atoms with Gasteiger partial charge in [-0.1, -0.05) is 23.7 Å². The highest BCUT2D eigenvalue weighted by molar-refractivity contribution is 6.30. The second-order valence-electron chi connectivity index (χ2n) is 6.45. The summed E-state index contributed by atoms with van der Waals surface area (Å²) in [7, 11) is 1.66. The zero-order chi connectivity index (χ0) is 19.9. The number of piperazine rings is 1. The molecule has 0 atom stereocenters. The van der Waals surface area contributed by atoms with Crippen LogP contribution in [-0.4, -0.2) is 55.0 Å². The topological polar surface area (TPSA) is 74.8 Å². The SMILES string of the molecule is COc1ccccc1N1CCN(C(=O)CCC(=O)Nc2ccc(Cl)cn2)CC1. The van der Waals surface area contributed by atoms with E-state index in [-0.39, 0.29) is 24.7 Å². The minimum Gasteiger partial charge on any atom is -0.495 e. The minimum atomic E-state index is -0.240. The van der Waals surface area contributed by atoms with Gasteiger partial charge in [0.25, 0.3) is 0 Å². The van der Waals surface area contributed by atoms with Crippen LogP contribution in [0.2, 0.25) is 5.02 Å². The largest absolute Gasteiger partial charge is 0.495 e. The number of amides is 2. The van der Waals surface area contributed by atoms with Gasteiger partial charge in [-0.2, -0.15) is 0 Å². The third-order valence-corrected chi connectivity index (χ3v) is 4.84. The average molecular weight is 403 g/mol. The van der Waals surface area contributed by atoms with Gasteiger partial charge in [-0.3, -0.25) is 9.59 Å². The number of halogens is 1. The second-order valence-corrected chi connectivity index (χ2v) is 6.89. The molecule has 1 aromatic heterocycles. The minimum absolute atomic E-state index is 0.0149. The summed E-state index contributed by atoms with van der Waals surface area (Å²) in [6.45, 7) is 2.70. The number of benzene rings is 1. The maximum atomic E-state index is 12.4. The molecule has 28 heavy (non-hydrogen) atoms. The quantitative estimate of drug-likeness (QED) is 0.804. The molecule has 0 aliphatic carbocycles. The van der Waals surface area contributed by atoms with Crippen molar-refractivity contribution in [2.24, 2.45) is 0 Å². The Morgan fingerprint density at radius 2 is 1.86 bits per heavy atom. The molecule has 7 nitrogen and oxygen atoms in total. The zero-order valence-corrected chi connectivity index (χ0v) is 16.5. The third-order valence-electron chi connectivity index (χ3n) is 4.62. The number of hydrogen-bond donors (Lipinski definition) is 1. The third kappa shape index (κ3) is 5.13. The first-order valence-corrected chi connectivity index (χ1v) is 9.52. The Morgan fingerprint density at radius 1 is 1.11 bits per heavy atom. The normalized spacial score (nSPS) is 13.9. The van der Waals surface area contributed by atoms with Gasteiger partial charge in [-0.25, -0.2) is 4.98 Å². The van der Waals surface area contributed by atoms with E-state index >= 15 is 0 Å². The molecule has 0 radical (unpaired) electrons. The number of pyridine rings is 1. The summed E-state index contributed by atoms with van der Waals surface area (Å²) in [6.07, 6.45) is 1.76. The molecule has 0 saturated carbocycles. The Kier molecular flexibility index (Phi) is 6.71. The van der Waals surface area contributed by atoms with Gasteiger partial charge in [-0.15, -0.1) is 0 Å². The zero-order valence-electron chi connectivity index (χ0n) is 15.7. The molecule has 1 fully saturated rings. The number of anilines is 2. The van der Waals surface area contributed by atoms with Crippen molar-refractivity contribution in [1.29, 1.82) is 0 Å². The van der Waals surface area contributed by atoms with E-state index < -0.39 is 0 Å². The van der Waals surface area contributed by atoms with Gasteiger partial charge in [0.1, 0.15) is 11.6 Å². The number of methoxy groups -OCH3 is 1. The van der Waals surface area contributed by atoms with E-state index in [0.29, 0.717) is 23.9 Å². The summed E-state index contributed by atoms with van der Waals surface area (Å²) in [6, 6.07) is 11.1. The van der Waals surface area contributed by atoms with Crippen molar-refractivity contribution in [1.82, 2.24) is 9.88 Å². The number of ether oxygens (including phenoxy) is 1. The highest BCUT2D eigenvalue weighted by Gasteiger charge is 2.23. The van der Waals surface area contributed by atoms with E-state index in [1.165, 1.54) is 6.20 Å². The fourth-order valence-corrected chi connectivity index (χ4v) is 3.23. The molecule has 3 rings (SSSR count). The highest BCUT2D eigenvalue weighted by atomic mass is 35.5. The molecular formula is C20H23ClN4O3. The van der Waals surface area contributed by atoms with E-state index in [2.05, 4.69) is 15.2 Å². The van der Waals surface area contributed by atoms with Crippen LogP contribution in [0.3, 0.4) is 0 Å². The molecule has 2 heterocycles. The number of nitrogens with one attached hydrogen (secondary N) is 1. The van der Waals surface area contributed by atoms with Crippen molar-refractivity contribution in [2.45, 2.75) is 12.8 Å². The summed E-state index contributed by atoms with van der Waals surface area (Å²) in [4.78, 5) is 32.5. The monoisotopic (exact) mass is 402 g/mol. The number of carbonyl (C=O) groups excluding carboxylic acids is 2. The van der Waals surface area contributed by atoms with E-state index in [9.17, 15) is 9.59 Å². The molecule has 2 amide bonds. The number of para-hydroxylation sites is 2. The maximum Gasteiger partial charge on any atom is 0.226 e. The van der Waals surface area contributed by atoms with Crippen LogP contribution in [0, 0.1) is 0 Å². The fourth-order valence-electron chi connectivity index (χ4n) is 3.12. The molecule has 0 bridgehead atoms. The van der Waals surface area contributed by atoms with E-state index in [0.717, 1.165) is 24.5 Å². The van der Waals surface area contributed by atoms with Crippen molar-refractivity contribution < 1.29 is 14.3 Å². The van der Waals surface area contributed by atoms with E-state index in [1.54, 1.807) is 24.1 Å². The highest BCUT2D eigenvalue weighted by Crippen LogP contribution is 2.28. The second kappa shape index (κ2) is 9.41. The van der Waals surface area contributed by atoms with Gasteiger partial charge in [0.2, 0.25) is 11.8 Å². The Morgan fingerprint density at radius 3 is 2.54 bits per heavy atom.